The largest absolute Gasteiger partial charge is 0.351 e. The van der Waals surface area contributed by atoms with E-state index in [1.165, 1.54) is 44.9 Å². The second-order valence-electron chi connectivity index (χ2n) is 10.9. The number of nitrogens with zero attached hydrogens (tertiary/aromatic N) is 5. The number of pyridine rings is 1. The maximum atomic E-state index is 13.3. The molecule has 1 N–H and O–H groups in total. The minimum absolute atomic E-state index is 0.0683. The fraction of sp³-hybridized carbons (Fsp3) is 0.577. The number of hydrogen-bond acceptors (Lipinski definition) is 5. The van der Waals surface area contributed by atoms with E-state index in [1.54, 1.807) is 10.9 Å². The number of carbonyl (C=O) groups excluding carboxylic acids is 1. The third-order valence-corrected chi connectivity index (χ3v) is 8.64. The van der Waals surface area contributed by atoms with E-state index >= 15 is 0 Å². The van der Waals surface area contributed by atoms with Gasteiger partial charge >= 0.3 is 0 Å². The maximum Gasteiger partial charge on any atom is 0.253 e. The van der Waals surface area contributed by atoms with Crippen molar-refractivity contribution in [3.63, 3.8) is 0 Å². The van der Waals surface area contributed by atoms with Crippen LogP contribution in [0.3, 0.4) is 0 Å². The van der Waals surface area contributed by atoms with E-state index in [-0.39, 0.29) is 5.91 Å². The average Bonchev–Trinajstić information content (AvgIpc) is 3.33. The van der Waals surface area contributed by atoms with Crippen molar-refractivity contribution in [1.82, 2.24) is 30.5 Å². The molecule has 1 amide bonds. The van der Waals surface area contributed by atoms with E-state index < -0.39 is 0 Å². The van der Waals surface area contributed by atoms with Gasteiger partial charge in [0.2, 0.25) is 0 Å². The van der Waals surface area contributed by atoms with Crippen molar-refractivity contribution in [3.8, 4) is 0 Å². The lowest BCUT2D eigenvalue weighted by molar-refractivity contribution is -0.0503. The van der Waals surface area contributed by atoms with E-state index in [9.17, 15) is 4.79 Å². The summed E-state index contributed by atoms with van der Waals surface area (Å²) in [6.07, 6.45) is 12.3. The Morgan fingerprint density at radius 2 is 1.82 bits per heavy atom. The van der Waals surface area contributed by atoms with Gasteiger partial charge in [-0.1, -0.05) is 17.7 Å². The van der Waals surface area contributed by atoms with Crippen LogP contribution in [-0.2, 0) is 13.0 Å². The molecule has 4 bridgehead atoms. The van der Waals surface area contributed by atoms with Gasteiger partial charge in [0.15, 0.2) is 6.33 Å². The number of benzene rings is 1. The van der Waals surface area contributed by atoms with Crippen LogP contribution in [0.5, 0.6) is 0 Å². The number of carbonyl (C=O) groups is 1. The summed E-state index contributed by atoms with van der Waals surface area (Å²) >= 11 is 6.54. The smallest absolute Gasteiger partial charge is 0.253 e. The van der Waals surface area contributed by atoms with Gasteiger partial charge in [-0.3, -0.25) is 9.78 Å². The van der Waals surface area contributed by atoms with Crippen molar-refractivity contribution < 1.29 is 4.79 Å². The molecule has 8 heteroatoms. The van der Waals surface area contributed by atoms with Gasteiger partial charge in [0.05, 0.1) is 22.6 Å². The normalized spacial score (nSPS) is 27.4. The van der Waals surface area contributed by atoms with Crippen LogP contribution < -0.4 is 5.32 Å². The molecule has 2 heterocycles. The molecule has 0 atom stereocenters. The third kappa shape index (κ3) is 4.30. The summed E-state index contributed by atoms with van der Waals surface area (Å²) in [7, 11) is 0. The zero-order valence-electron chi connectivity index (χ0n) is 19.4. The molecule has 34 heavy (non-hydrogen) atoms. The predicted octanol–water partition coefficient (Wildman–Crippen LogP) is 4.84. The predicted molar refractivity (Wildman–Crippen MR) is 130 cm³/mol. The van der Waals surface area contributed by atoms with Gasteiger partial charge in [-0.2, -0.15) is 4.80 Å². The van der Waals surface area contributed by atoms with Gasteiger partial charge in [-0.15, -0.1) is 10.2 Å². The summed E-state index contributed by atoms with van der Waals surface area (Å²) in [4.78, 5) is 19.8. The lowest BCUT2D eigenvalue weighted by Crippen LogP contribution is -2.51. The number of nitrogens with one attached hydrogen (secondary N) is 1. The average molecular weight is 479 g/mol. The summed E-state index contributed by atoms with van der Waals surface area (Å²) in [6.45, 7) is 1.52. The summed E-state index contributed by atoms with van der Waals surface area (Å²) in [5.41, 5.74) is 2.69. The highest BCUT2D eigenvalue weighted by Gasteiger charge is 2.50. The number of aromatic nitrogens is 5. The van der Waals surface area contributed by atoms with Crippen LogP contribution in [0.15, 0.2) is 30.6 Å². The van der Waals surface area contributed by atoms with Crippen molar-refractivity contribution in [1.29, 1.82) is 0 Å². The molecule has 7 nitrogen and oxygen atoms in total. The third-order valence-electron chi connectivity index (χ3n) is 8.33. The number of hydrogen-bond donors (Lipinski definition) is 1. The first kappa shape index (κ1) is 22.0. The van der Waals surface area contributed by atoms with Crippen molar-refractivity contribution in [2.24, 2.45) is 23.2 Å². The molecule has 0 unspecified atom stereocenters. The minimum Gasteiger partial charge on any atom is -0.351 e. The number of amides is 1. The number of rotatable bonds is 8. The Balaban J connectivity index is 1.13. The second kappa shape index (κ2) is 8.91. The number of unbranched alkanes of at least 4 members (excludes halogenated alkanes) is 1. The number of tetrazole rings is 1. The number of fused-ring (bicyclic) bond motifs is 1. The molecule has 3 aromatic rings. The van der Waals surface area contributed by atoms with E-state index in [0.717, 1.165) is 66.7 Å². The van der Waals surface area contributed by atoms with Crippen molar-refractivity contribution in [3.05, 3.63) is 46.9 Å². The van der Waals surface area contributed by atoms with Gasteiger partial charge < -0.3 is 5.32 Å². The van der Waals surface area contributed by atoms with Gasteiger partial charge in [-0.05, 0) is 104 Å². The molecule has 0 saturated heterocycles. The highest BCUT2D eigenvalue weighted by atomic mass is 35.5. The lowest BCUT2D eigenvalue weighted by Gasteiger charge is -2.56. The fourth-order valence-electron chi connectivity index (χ4n) is 7.30. The molecule has 4 aliphatic rings. The molecular formula is C26H31ClN6O. The Kier molecular flexibility index (Phi) is 5.76. The highest BCUT2D eigenvalue weighted by Crippen LogP contribution is 2.59. The van der Waals surface area contributed by atoms with Gasteiger partial charge in [0, 0.05) is 17.6 Å². The van der Waals surface area contributed by atoms with Gasteiger partial charge in [0.25, 0.3) is 5.91 Å². The zero-order valence-corrected chi connectivity index (χ0v) is 20.2. The van der Waals surface area contributed by atoms with Crippen LogP contribution in [0.4, 0.5) is 0 Å². The molecule has 4 saturated carbocycles. The molecule has 1 aromatic carbocycles. The quantitative estimate of drug-likeness (QED) is 0.468. The van der Waals surface area contributed by atoms with E-state index in [0.29, 0.717) is 16.0 Å². The molecule has 2 aromatic heterocycles. The van der Waals surface area contributed by atoms with Crippen LogP contribution in [-0.4, -0.2) is 37.6 Å². The summed E-state index contributed by atoms with van der Waals surface area (Å²) in [6, 6.07) is 7.73. The molecular weight excluding hydrogens is 448 g/mol. The van der Waals surface area contributed by atoms with Crippen molar-refractivity contribution in [2.75, 3.05) is 6.54 Å². The Hall–Kier alpha value is -2.54. The molecule has 4 aliphatic carbocycles. The van der Waals surface area contributed by atoms with Crippen LogP contribution >= 0.6 is 11.6 Å². The number of aryl methyl sites for hydroxylation is 2. The van der Waals surface area contributed by atoms with Crippen LogP contribution in [0.2, 0.25) is 5.02 Å². The van der Waals surface area contributed by atoms with E-state index in [1.807, 2.05) is 18.2 Å². The summed E-state index contributed by atoms with van der Waals surface area (Å²) in [5.74, 6) is 2.55. The molecule has 0 spiro atoms. The molecule has 4 fully saturated rings. The van der Waals surface area contributed by atoms with E-state index in [2.05, 4.69) is 20.7 Å². The fourth-order valence-corrected chi connectivity index (χ4v) is 7.55. The minimum atomic E-state index is -0.0683. The standard InChI is InChI=1S/C26H31ClN6O/c27-22-6-7-23-21(5-4-20(31-23)3-1-2-8-33-30-16-29-32-33)24(22)25(34)28-15-26-12-17-9-18(13-26)11-19(10-17)14-26/h4-7,16-19H,1-3,8-15H2,(H,28,34). The number of halogens is 1. The lowest BCUT2D eigenvalue weighted by atomic mass is 9.49. The Morgan fingerprint density at radius 1 is 1.06 bits per heavy atom. The molecule has 7 rings (SSSR count). The van der Waals surface area contributed by atoms with Crippen molar-refractivity contribution in [2.45, 2.75) is 64.3 Å². The monoisotopic (exact) mass is 478 g/mol. The first-order chi connectivity index (χ1) is 16.6. The first-order valence-electron chi connectivity index (χ1n) is 12.6. The van der Waals surface area contributed by atoms with Gasteiger partial charge in [-0.25, -0.2) is 0 Å². The molecule has 0 radical (unpaired) electrons. The molecule has 178 valence electrons. The maximum absolute atomic E-state index is 13.3. The van der Waals surface area contributed by atoms with Gasteiger partial charge in [0.1, 0.15) is 0 Å². The van der Waals surface area contributed by atoms with Crippen LogP contribution in [0, 0.1) is 23.2 Å². The zero-order chi connectivity index (χ0) is 23.1. The van der Waals surface area contributed by atoms with Crippen LogP contribution in [0.1, 0.15) is 67.4 Å². The highest BCUT2D eigenvalue weighted by molar-refractivity contribution is 6.35. The second-order valence-corrected chi connectivity index (χ2v) is 11.3. The Morgan fingerprint density at radius 3 is 2.53 bits per heavy atom. The van der Waals surface area contributed by atoms with Crippen LogP contribution in [0.25, 0.3) is 10.9 Å². The Bertz CT molecular complexity index is 1160. The Labute approximate surface area is 204 Å². The first-order valence-corrected chi connectivity index (χ1v) is 13.0. The summed E-state index contributed by atoms with van der Waals surface area (Å²) in [5, 5.41) is 16.3. The van der Waals surface area contributed by atoms with E-state index in [4.69, 9.17) is 16.6 Å². The topological polar surface area (TPSA) is 85.6 Å². The molecule has 0 aliphatic heterocycles. The SMILES string of the molecule is O=C(NCC12CC3CC(CC(C3)C1)C2)c1c(Cl)ccc2nc(CCCCn3ncnn3)ccc12. The van der Waals surface area contributed by atoms with Crippen molar-refractivity contribution >= 4 is 28.4 Å². The summed E-state index contributed by atoms with van der Waals surface area (Å²) < 4.78 is 0.